The number of rotatable bonds is 3. The molecule has 1 N–H and O–H groups in total. The van der Waals surface area contributed by atoms with Crippen molar-refractivity contribution in [2.75, 3.05) is 7.11 Å². The van der Waals surface area contributed by atoms with Crippen molar-refractivity contribution in [3.8, 4) is 0 Å². The molecule has 2 rings (SSSR count). The molecule has 1 aliphatic rings. The van der Waals surface area contributed by atoms with Crippen molar-refractivity contribution in [2.24, 2.45) is 0 Å². The molecule has 2 amide bonds. The van der Waals surface area contributed by atoms with Crippen LogP contribution in [0.1, 0.15) is 69.8 Å². The van der Waals surface area contributed by atoms with Gasteiger partial charge in [0.1, 0.15) is 11.2 Å². The van der Waals surface area contributed by atoms with Crippen LogP contribution in [0.25, 0.3) is 0 Å². The average Bonchev–Trinajstić information content (AvgIpc) is 3.12. The molecular weight excluding hydrogens is 400 g/mol. The van der Waals surface area contributed by atoms with Gasteiger partial charge in [-0.3, -0.25) is 0 Å². The number of methoxy groups -OCH3 is 1. The standard InChI is InChI=1S/C23H32N2O6/c1-22(2,3)30-20(27)24-25(21(28)31-23(4,5)6)18-10-8-9-17(18)15-11-13-16(14-12-15)19(26)29-7/h8-9,11-14,17-18H,10H2,1-7H3,(H,24,27)/t17-,18+/m0/s1. The maximum absolute atomic E-state index is 13.0. The van der Waals surface area contributed by atoms with Gasteiger partial charge in [0.05, 0.1) is 18.7 Å². The molecule has 0 aromatic heterocycles. The average molecular weight is 433 g/mol. The molecule has 1 aromatic rings. The summed E-state index contributed by atoms with van der Waals surface area (Å²) in [7, 11) is 1.33. The first kappa shape index (κ1) is 24.2. The number of carbonyl (C=O) groups is 3. The lowest BCUT2D eigenvalue weighted by Crippen LogP contribution is -2.55. The number of hydrazine groups is 1. The first-order chi connectivity index (χ1) is 14.3. The Morgan fingerprint density at radius 3 is 2.06 bits per heavy atom. The zero-order valence-electron chi connectivity index (χ0n) is 19.2. The molecule has 1 aliphatic carbocycles. The Morgan fingerprint density at radius 2 is 1.55 bits per heavy atom. The summed E-state index contributed by atoms with van der Waals surface area (Å²) in [6.07, 6.45) is 3.00. The lowest BCUT2D eigenvalue weighted by molar-refractivity contribution is -0.00998. The Balaban J connectivity index is 2.29. The van der Waals surface area contributed by atoms with E-state index in [1.54, 1.807) is 65.8 Å². The summed E-state index contributed by atoms with van der Waals surface area (Å²) in [5.74, 6) is -0.638. The van der Waals surface area contributed by atoms with E-state index in [9.17, 15) is 14.4 Å². The van der Waals surface area contributed by atoms with Crippen LogP contribution < -0.4 is 5.43 Å². The number of nitrogens with one attached hydrogen (secondary N) is 1. The van der Waals surface area contributed by atoms with Crippen LogP contribution in [0.3, 0.4) is 0 Å². The van der Waals surface area contributed by atoms with Gasteiger partial charge in [0.15, 0.2) is 0 Å². The molecule has 0 fully saturated rings. The van der Waals surface area contributed by atoms with Gasteiger partial charge >= 0.3 is 18.2 Å². The van der Waals surface area contributed by atoms with Crippen LogP contribution >= 0.6 is 0 Å². The van der Waals surface area contributed by atoms with Crippen LogP contribution in [-0.4, -0.2) is 47.5 Å². The third-order valence-corrected chi connectivity index (χ3v) is 4.38. The smallest absolute Gasteiger partial charge is 0.429 e. The van der Waals surface area contributed by atoms with E-state index in [1.807, 2.05) is 12.2 Å². The lowest BCUT2D eigenvalue weighted by atomic mass is 9.93. The number of benzene rings is 1. The quantitative estimate of drug-likeness (QED) is 0.326. The normalized spacial score (nSPS) is 18.3. The first-order valence-corrected chi connectivity index (χ1v) is 10.2. The highest BCUT2D eigenvalue weighted by atomic mass is 16.6. The number of ether oxygens (including phenoxy) is 3. The Hall–Kier alpha value is -3.03. The second kappa shape index (κ2) is 9.41. The van der Waals surface area contributed by atoms with Crippen molar-refractivity contribution in [3.63, 3.8) is 0 Å². The van der Waals surface area contributed by atoms with Gasteiger partial charge in [-0.05, 0) is 65.7 Å². The molecule has 0 unspecified atom stereocenters. The van der Waals surface area contributed by atoms with Crippen molar-refractivity contribution >= 4 is 18.2 Å². The lowest BCUT2D eigenvalue weighted by Gasteiger charge is -2.35. The van der Waals surface area contributed by atoms with Gasteiger partial charge in [0.2, 0.25) is 0 Å². The molecule has 0 radical (unpaired) electrons. The van der Waals surface area contributed by atoms with Crippen molar-refractivity contribution in [1.29, 1.82) is 0 Å². The van der Waals surface area contributed by atoms with E-state index >= 15 is 0 Å². The number of nitrogens with zero attached hydrogens (tertiary/aromatic N) is 1. The molecule has 8 nitrogen and oxygen atoms in total. The molecule has 8 heteroatoms. The third kappa shape index (κ3) is 7.01. The van der Waals surface area contributed by atoms with Gasteiger partial charge in [0, 0.05) is 5.92 Å². The van der Waals surface area contributed by atoms with Gasteiger partial charge in [-0.15, -0.1) is 0 Å². The first-order valence-electron chi connectivity index (χ1n) is 10.2. The Morgan fingerprint density at radius 1 is 0.968 bits per heavy atom. The van der Waals surface area contributed by atoms with E-state index in [0.717, 1.165) is 5.56 Å². The number of carbonyl (C=O) groups excluding carboxylic acids is 3. The predicted molar refractivity (Wildman–Crippen MR) is 116 cm³/mol. The highest BCUT2D eigenvalue weighted by molar-refractivity contribution is 5.89. The van der Waals surface area contributed by atoms with Crippen LogP contribution in [0.4, 0.5) is 9.59 Å². The summed E-state index contributed by atoms with van der Waals surface area (Å²) >= 11 is 0. The molecule has 0 saturated carbocycles. The number of hydrogen-bond donors (Lipinski definition) is 1. The Bertz CT molecular complexity index is 833. The predicted octanol–water partition coefficient (Wildman–Crippen LogP) is 4.56. The van der Waals surface area contributed by atoms with Crippen LogP contribution in [0, 0.1) is 0 Å². The van der Waals surface area contributed by atoms with Gasteiger partial charge < -0.3 is 14.2 Å². The van der Waals surface area contributed by atoms with Gasteiger partial charge in [-0.1, -0.05) is 24.3 Å². The summed E-state index contributed by atoms with van der Waals surface area (Å²) < 4.78 is 15.6. The monoisotopic (exact) mass is 432 g/mol. The Kier molecular flexibility index (Phi) is 7.36. The van der Waals surface area contributed by atoms with Crippen molar-refractivity contribution < 1.29 is 28.6 Å². The molecule has 31 heavy (non-hydrogen) atoms. The molecule has 0 aliphatic heterocycles. The fourth-order valence-corrected chi connectivity index (χ4v) is 3.17. The van der Waals surface area contributed by atoms with Crippen LogP contribution in [0.15, 0.2) is 36.4 Å². The minimum Gasteiger partial charge on any atom is -0.465 e. The number of hydrogen-bond acceptors (Lipinski definition) is 6. The molecule has 1 aromatic carbocycles. The van der Waals surface area contributed by atoms with Crippen molar-refractivity contribution in [1.82, 2.24) is 10.4 Å². The van der Waals surface area contributed by atoms with Crippen LogP contribution in [0.2, 0.25) is 0 Å². The summed E-state index contributed by atoms with van der Waals surface area (Å²) in [4.78, 5) is 37.1. The van der Waals surface area contributed by atoms with Gasteiger partial charge in [0.25, 0.3) is 0 Å². The van der Waals surface area contributed by atoms with E-state index in [2.05, 4.69) is 5.43 Å². The zero-order chi connectivity index (χ0) is 23.4. The fraction of sp³-hybridized carbons (Fsp3) is 0.522. The minimum atomic E-state index is -0.745. The second-order valence-electron chi connectivity index (χ2n) is 9.33. The van der Waals surface area contributed by atoms with Crippen molar-refractivity contribution in [3.05, 3.63) is 47.5 Å². The molecule has 2 atom stereocenters. The van der Waals surface area contributed by atoms with Crippen LogP contribution in [0.5, 0.6) is 0 Å². The van der Waals surface area contributed by atoms with Gasteiger partial charge in [-0.25, -0.2) is 24.8 Å². The van der Waals surface area contributed by atoms with E-state index in [0.29, 0.717) is 12.0 Å². The number of amides is 2. The van der Waals surface area contributed by atoms with E-state index in [1.165, 1.54) is 12.1 Å². The summed E-state index contributed by atoms with van der Waals surface area (Å²) in [5, 5.41) is 1.19. The topological polar surface area (TPSA) is 94.2 Å². The van der Waals surface area contributed by atoms with E-state index < -0.39 is 35.4 Å². The molecule has 0 bridgehead atoms. The highest BCUT2D eigenvalue weighted by Gasteiger charge is 2.37. The second-order valence-corrected chi connectivity index (χ2v) is 9.33. The molecule has 0 spiro atoms. The van der Waals surface area contributed by atoms with E-state index in [4.69, 9.17) is 14.2 Å². The molecule has 0 heterocycles. The van der Waals surface area contributed by atoms with Crippen LogP contribution in [-0.2, 0) is 14.2 Å². The summed E-state index contributed by atoms with van der Waals surface area (Å²) in [5.41, 5.74) is 2.41. The largest absolute Gasteiger partial charge is 0.465 e. The minimum absolute atomic E-state index is 0.214. The highest BCUT2D eigenvalue weighted by Crippen LogP contribution is 2.33. The fourth-order valence-electron chi connectivity index (χ4n) is 3.17. The summed E-state index contributed by atoms with van der Waals surface area (Å²) in [6, 6.07) is 6.53. The number of esters is 1. The van der Waals surface area contributed by atoms with Gasteiger partial charge in [-0.2, -0.15) is 0 Å². The molecule has 0 saturated heterocycles. The maximum Gasteiger partial charge on any atom is 0.429 e. The maximum atomic E-state index is 13.0. The zero-order valence-corrected chi connectivity index (χ0v) is 19.2. The van der Waals surface area contributed by atoms with Crippen molar-refractivity contribution in [2.45, 2.75) is 71.1 Å². The third-order valence-electron chi connectivity index (χ3n) is 4.38. The summed E-state index contributed by atoms with van der Waals surface area (Å²) in [6.45, 7) is 10.5. The molecular formula is C23H32N2O6. The van der Waals surface area contributed by atoms with E-state index in [-0.39, 0.29) is 5.92 Å². The SMILES string of the molecule is COC(=O)c1ccc([C@@H]2C=CC[C@H]2N(NC(=O)OC(C)(C)C)C(=O)OC(C)(C)C)cc1. The molecule has 170 valence electrons. The Labute approximate surface area is 183 Å².